The van der Waals surface area contributed by atoms with E-state index in [0.717, 1.165) is 30.9 Å². The number of hydrogen-bond donors (Lipinski definition) is 1. The van der Waals surface area contributed by atoms with Gasteiger partial charge in [-0.25, -0.2) is 4.98 Å². The van der Waals surface area contributed by atoms with Gasteiger partial charge in [0.15, 0.2) is 0 Å². The normalized spacial score (nSPS) is 27.2. The first-order valence-corrected chi connectivity index (χ1v) is 7.80. The quantitative estimate of drug-likeness (QED) is 0.899. The maximum atomic E-state index is 4.48. The van der Waals surface area contributed by atoms with Gasteiger partial charge in [-0.1, -0.05) is 12.5 Å². The first kappa shape index (κ1) is 12.9. The van der Waals surface area contributed by atoms with Crippen molar-refractivity contribution >= 4 is 5.82 Å². The van der Waals surface area contributed by atoms with Crippen molar-refractivity contribution in [2.24, 2.45) is 5.92 Å². The van der Waals surface area contributed by atoms with Crippen LogP contribution in [0.15, 0.2) is 18.3 Å². The molecule has 1 aromatic heterocycles. The van der Waals surface area contributed by atoms with Crippen molar-refractivity contribution in [2.45, 2.75) is 51.6 Å². The van der Waals surface area contributed by atoms with Gasteiger partial charge in [-0.2, -0.15) is 0 Å². The standard InChI is InChI=1S/C16H25N3/c1-2-17-16-14(7-4-10-18-16)12-19-11-5-8-13-6-3-9-15(13)19/h4,7,10,13,15H,2-3,5-6,8-9,11-12H2,1H3,(H,17,18). The summed E-state index contributed by atoms with van der Waals surface area (Å²) < 4.78 is 0. The molecule has 0 bridgehead atoms. The van der Waals surface area contributed by atoms with Crippen molar-refractivity contribution in [2.75, 3.05) is 18.4 Å². The van der Waals surface area contributed by atoms with Crippen LogP contribution in [-0.4, -0.2) is 29.0 Å². The van der Waals surface area contributed by atoms with E-state index >= 15 is 0 Å². The predicted molar refractivity (Wildman–Crippen MR) is 79.2 cm³/mol. The molecule has 0 spiro atoms. The van der Waals surface area contributed by atoms with E-state index in [1.807, 2.05) is 6.20 Å². The molecule has 1 N–H and O–H groups in total. The van der Waals surface area contributed by atoms with Crippen molar-refractivity contribution in [1.82, 2.24) is 9.88 Å². The van der Waals surface area contributed by atoms with Crippen molar-refractivity contribution in [3.8, 4) is 0 Å². The zero-order valence-electron chi connectivity index (χ0n) is 11.9. The highest BCUT2D eigenvalue weighted by molar-refractivity contribution is 5.43. The van der Waals surface area contributed by atoms with Gasteiger partial charge in [0.05, 0.1) is 0 Å². The van der Waals surface area contributed by atoms with Crippen LogP contribution in [0.3, 0.4) is 0 Å². The van der Waals surface area contributed by atoms with Crippen LogP contribution in [0.4, 0.5) is 5.82 Å². The molecule has 2 atom stereocenters. The Morgan fingerprint density at radius 2 is 2.21 bits per heavy atom. The minimum Gasteiger partial charge on any atom is -0.370 e. The van der Waals surface area contributed by atoms with E-state index in [0.29, 0.717) is 0 Å². The molecule has 1 saturated heterocycles. The first-order chi connectivity index (χ1) is 9.38. The van der Waals surface area contributed by atoms with Crippen LogP contribution in [-0.2, 0) is 6.54 Å². The molecule has 19 heavy (non-hydrogen) atoms. The lowest BCUT2D eigenvalue weighted by Crippen LogP contribution is -2.42. The van der Waals surface area contributed by atoms with Crippen molar-refractivity contribution in [3.05, 3.63) is 23.9 Å². The van der Waals surface area contributed by atoms with E-state index in [1.165, 1.54) is 44.2 Å². The maximum absolute atomic E-state index is 4.48. The summed E-state index contributed by atoms with van der Waals surface area (Å²) in [4.78, 5) is 7.19. The number of likely N-dealkylation sites (tertiary alicyclic amines) is 1. The van der Waals surface area contributed by atoms with Gasteiger partial charge in [-0.15, -0.1) is 0 Å². The molecule has 1 aromatic rings. The summed E-state index contributed by atoms with van der Waals surface area (Å²) in [6.45, 7) is 5.40. The smallest absolute Gasteiger partial charge is 0.130 e. The Labute approximate surface area is 116 Å². The topological polar surface area (TPSA) is 28.2 Å². The third-order valence-electron chi connectivity index (χ3n) is 4.72. The zero-order valence-corrected chi connectivity index (χ0v) is 11.9. The summed E-state index contributed by atoms with van der Waals surface area (Å²) >= 11 is 0. The van der Waals surface area contributed by atoms with Crippen molar-refractivity contribution < 1.29 is 0 Å². The summed E-state index contributed by atoms with van der Waals surface area (Å²) in [7, 11) is 0. The summed E-state index contributed by atoms with van der Waals surface area (Å²) in [5.41, 5.74) is 1.36. The second kappa shape index (κ2) is 5.91. The number of hydrogen-bond acceptors (Lipinski definition) is 3. The van der Waals surface area contributed by atoms with Crippen LogP contribution in [0.2, 0.25) is 0 Å². The van der Waals surface area contributed by atoms with Crippen LogP contribution in [0.1, 0.15) is 44.6 Å². The molecule has 0 amide bonds. The van der Waals surface area contributed by atoms with Crippen LogP contribution in [0.5, 0.6) is 0 Å². The Kier molecular flexibility index (Phi) is 4.02. The third-order valence-corrected chi connectivity index (χ3v) is 4.72. The van der Waals surface area contributed by atoms with E-state index < -0.39 is 0 Å². The highest BCUT2D eigenvalue weighted by Crippen LogP contribution is 2.37. The Morgan fingerprint density at radius 1 is 1.32 bits per heavy atom. The molecule has 2 fully saturated rings. The van der Waals surface area contributed by atoms with Crippen LogP contribution in [0.25, 0.3) is 0 Å². The SMILES string of the molecule is CCNc1ncccc1CN1CCCC2CCCC21. The Bertz CT molecular complexity index is 418. The average Bonchev–Trinajstić information content (AvgIpc) is 2.91. The van der Waals surface area contributed by atoms with E-state index in [-0.39, 0.29) is 0 Å². The molecule has 3 nitrogen and oxygen atoms in total. The molecule has 1 aliphatic heterocycles. The Balaban J connectivity index is 1.73. The van der Waals surface area contributed by atoms with E-state index in [2.05, 4.69) is 34.3 Å². The molecule has 0 radical (unpaired) electrons. The van der Waals surface area contributed by atoms with Crippen LogP contribution in [0, 0.1) is 5.92 Å². The van der Waals surface area contributed by atoms with E-state index in [9.17, 15) is 0 Å². The molecule has 1 aliphatic carbocycles. The molecule has 2 aliphatic rings. The number of nitrogens with zero attached hydrogens (tertiary/aromatic N) is 2. The predicted octanol–water partition coefficient (Wildman–Crippen LogP) is 3.28. The minimum absolute atomic E-state index is 0.837. The lowest BCUT2D eigenvalue weighted by atomic mass is 9.91. The van der Waals surface area contributed by atoms with Crippen molar-refractivity contribution in [3.63, 3.8) is 0 Å². The maximum Gasteiger partial charge on any atom is 0.130 e. The van der Waals surface area contributed by atoms with E-state index in [4.69, 9.17) is 0 Å². The highest BCUT2D eigenvalue weighted by atomic mass is 15.2. The minimum atomic E-state index is 0.837. The summed E-state index contributed by atoms with van der Waals surface area (Å²) in [5.74, 6) is 2.04. The number of rotatable bonds is 4. The molecule has 0 aromatic carbocycles. The van der Waals surface area contributed by atoms with Gasteiger partial charge in [-0.3, -0.25) is 4.90 Å². The molecule has 1 saturated carbocycles. The number of fused-ring (bicyclic) bond motifs is 1. The van der Waals surface area contributed by atoms with Gasteiger partial charge < -0.3 is 5.32 Å². The zero-order chi connectivity index (χ0) is 13.1. The molecular weight excluding hydrogens is 234 g/mol. The van der Waals surface area contributed by atoms with Gasteiger partial charge in [0.25, 0.3) is 0 Å². The molecule has 2 unspecified atom stereocenters. The monoisotopic (exact) mass is 259 g/mol. The number of anilines is 1. The van der Waals surface area contributed by atoms with Gasteiger partial charge in [-0.05, 0) is 51.1 Å². The second-order valence-corrected chi connectivity index (χ2v) is 5.91. The number of aromatic nitrogens is 1. The number of pyridine rings is 1. The first-order valence-electron chi connectivity index (χ1n) is 7.80. The van der Waals surface area contributed by atoms with Gasteiger partial charge in [0, 0.05) is 30.9 Å². The fraction of sp³-hybridized carbons (Fsp3) is 0.688. The summed E-state index contributed by atoms with van der Waals surface area (Å²) in [6, 6.07) is 5.12. The lowest BCUT2D eigenvalue weighted by Gasteiger charge is -2.38. The number of piperidine rings is 1. The third kappa shape index (κ3) is 2.76. The Morgan fingerprint density at radius 3 is 3.11 bits per heavy atom. The molecular formula is C16H25N3. The van der Waals surface area contributed by atoms with Gasteiger partial charge in [0.1, 0.15) is 5.82 Å². The fourth-order valence-corrected chi connectivity index (χ4v) is 3.87. The van der Waals surface area contributed by atoms with Gasteiger partial charge in [0.2, 0.25) is 0 Å². The molecule has 3 rings (SSSR count). The fourth-order valence-electron chi connectivity index (χ4n) is 3.87. The number of nitrogens with one attached hydrogen (secondary N) is 1. The Hall–Kier alpha value is -1.09. The molecule has 2 heterocycles. The van der Waals surface area contributed by atoms with Crippen molar-refractivity contribution in [1.29, 1.82) is 0 Å². The van der Waals surface area contributed by atoms with Crippen LogP contribution >= 0.6 is 0 Å². The lowest BCUT2D eigenvalue weighted by molar-refractivity contribution is 0.106. The molecule has 104 valence electrons. The largest absolute Gasteiger partial charge is 0.370 e. The second-order valence-electron chi connectivity index (χ2n) is 5.91. The van der Waals surface area contributed by atoms with Crippen LogP contribution < -0.4 is 5.32 Å². The highest BCUT2D eigenvalue weighted by Gasteiger charge is 2.34. The average molecular weight is 259 g/mol. The summed E-state index contributed by atoms with van der Waals surface area (Å²) in [5, 5.41) is 3.39. The molecule has 3 heteroatoms. The summed E-state index contributed by atoms with van der Waals surface area (Å²) in [6.07, 6.45) is 9.00. The van der Waals surface area contributed by atoms with Gasteiger partial charge >= 0.3 is 0 Å². The van der Waals surface area contributed by atoms with E-state index in [1.54, 1.807) is 0 Å².